The number of hydrogen-bond donors (Lipinski definition) is 3. The van der Waals surface area contributed by atoms with Gasteiger partial charge in [-0.3, -0.25) is 4.79 Å². The lowest BCUT2D eigenvalue weighted by Crippen LogP contribution is -2.15. The van der Waals surface area contributed by atoms with Gasteiger partial charge in [-0.2, -0.15) is 13.2 Å². The smallest absolute Gasteiger partial charge is 0.420 e. The number of benzene rings is 1. The molecule has 0 saturated heterocycles. The molecule has 0 aliphatic heterocycles. The number of phenolic OH excluding ortho intramolecular Hbond substituents is 1. The second-order valence-electron chi connectivity index (χ2n) is 3.93. The molecule has 0 spiro atoms. The highest BCUT2D eigenvalue weighted by molar-refractivity contribution is 6.30. The van der Waals surface area contributed by atoms with Gasteiger partial charge in [0.15, 0.2) is 0 Å². The molecule has 0 saturated carbocycles. The summed E-state index contributed by atoms with van der Waals surface area (Å²) in [6.07, 6.45) is -5.20. The minimum absolute atomic E-state index is 0.111. The van der Waals surface area contributed by atoms with Gasteiger partial charge in [0.25, 0.3) is 0 Å². The van der Waals surface area contributed by atoms with Crippen LogP contribution in [-0.4, -0.2) is 16.2 Å². The van der Waals surface area contributed by atoms with Crippen molar-refractivity contribution in [3.8, 4) is 5.75 Å². The third-order valence-corrected chi connectivity index (χ3v) is 2.70. The van der Waals surface area contributed by atoms with Crippen LogP contribution in [0, 0.1) is 0 Å². The number of alkyl halides is 3. The molecule has 106 valence electrons. The summed E-state index contributed by atoms with van der Waals surface area (Å²) in [4.78, 5) is 10.4. The Kier molecular flexibility index (Phi) is 4.65. The number of rotatable bonds is 4. The van der Waals surface area contributed by atoms with Crippen molar-refractivity contribution in [1.29, 1.82) is 0 Å². The number of nitrogens with two attached hydrogens (primary N) is 1. The van der Waals surface area contributed by atoms with Crippen LogP contribution in [0.4, 0.5) is 13.2 Å². The van der Waals surface area contributed by atoms with E-state index in [0.29, 0.717) is 6.07 Å². The lowest BCUT2D eigenvalue weighted by Gasteiger charge is -2.17. The van der Waals surface area contributed by atoms with Gasteiger partial charge in [-0.05, 0) is 18.6 Å². The van der Waals surface area contributed by atoms with Gasteiger partial charge in [0.2, 0.25) is 0 Å². The third-order valence-electron chi connectivity index (χ3n) is 2.48. The van der Waals surface area contributed by atoms with E-state index in [4.69, 9.17) is 22.4 Å². The Bertz CT molecular complexity index is 491. The Morgan fingerprint density at radius 3 is 2.47 bits per heavy atom. The van der Waals surface area contributed by atoms with Crippen molar-refractivity contribution < 1.29 is 28.2 Å². The van der Waals surface area contributed by atoms with Crippen LogP contribution in [0.3, 0.4) is 0 Å². The summed E-state index contributed by atoms with van der Waals surface area (Å²) in [7, 11) is 0. The molecule has 4 nitrogen and oxygen atoms in total. The van der Waals surface area contributed by atoms with Crippen molar-refractivity contribution in [2.75, 3.05) is 0 Å². The number of aromatic hydroxyl groups is 1. The molecule has 0 aromatic heterocycles. The molecule has 0 amide bonds. The molecular weight excluding hydrogens is 287 g/mol. The molecular formula is C11H11ClF3NO3. The lowest BCUT2D eigenvalue weighted by molar-refractivity contribution is -0.139. The van der Waals surface area contributed by atoms with Crippen LogP contribution in [0.25, 0.3) is 0 Å². The summed E-state index contributed by atoms with van der Waals surface area (Å²) < 4.78 is 37.9. The first-order valence-electron chi connectivity index (χ1n) is 5.20. The van der Waals surface area contributed by atoms with Crippen molar-refractivity contribution in [2.45, 2.75) is 25.1 Å². The highest BCUT2D eigenvalue weighted by Crippen LogP contribution is 2.41. The Morgan fingerprint density at radius 2 is 2.00 bits per heavy atom. The maximum absolute atomic E-state index is 12.6. The van der Waals surface area contributed by atoms with E-state index < -0.39 is 29.5 Å². The minimum Gasteiger partial charge on any atom is -0.507 e. The molecule has 0 bridgehead atoms. The number of carboxylic acid groups (broad SMARTS) is 1. The summed E-state index contributed by atoms with van der Waals surface area (Å²) in [5, 5.41) is 17.8. The molecule has 4 N–H and O–H groups in total. The molecule has 1 aromatic carbocycles. The Labute approximate surface area is 111 Å². The van der Waals surface area contributed by atoms with Gasteiger partial charge in [-0.15, -0.1) is 0 Å². The first kappa shape index (κ1) is 15.6. The second-order valence-corrected chi connectivity index (χ2v) is 4.36. The third kappa shape index (κ3) is 4.00. The van der Waals surface area contributed by atoms with Gasteiger partial charge in [0.05, 0.1) is 5.56 Å². The topological polar surface area (TPSA) is 83.6 Å². The lowest BCUT2D eigenvalue weighted by atomic mass is 9.99. The van der Waals surface area contributed by atoms with E-state index in [1.165, 1.54) is 0 Å². The van der Waals surface area contributed by atoms with Crippen LogP contribution in [0.2, 0.25) is 5.02 Å². The summed E-state index contributed by atoms with van der Waals surface area (Å²) in [6, 6.07) is 0.638. The average Bonchev–Trinajstić information content (AvgIpc) is 2.27. The molecule has 8 heteroatoms. The van der Waals surface area contributed by atoms with E-state index >= 15 is 0 Å². The SMILES string of the molecule is NC(CCC(=O)O)c1cc(Cl)cc(C(F)(F)F)c1O. The van der Waals surface area contributed by atoms with E-state index in [2.05, 4.69) is 0 Å². The Balaban J connectivity index is 3.14. The molecule has 0 aliphatic carbocycles. The van der Waals surface area contributed by atoms with Gasteiger partial charge in [-0.25, -0.2) is 0 Å². The molecule has 0 aliphatic rings. The molecule has 1 rings (SSSR count). The number of halogens is 4. The second kappa shape index (κ2) is 5.66. The van der Waals surface area contributed by atoms with Crippen LogP contribution < -0.4 is 5.73 Å². The highest BCUT2D eigenvalue weighted by atomic mass is 35.5. The fraction of sp³-hybridized carbons (Fsp3) is 0.364. The zero-order valence-corrected chi connectivity index (χ0v) is 10.3. The van der Waals surface area contributed by atoms with Crippen LogP contribution in [0.15, 0.2) is 12.1 Å². The van der Waals surface area contributed by atoms with E-state index in [1.54, 1.807) is 0 Å². The Hall–Kier alpha value is -1.47. The fourth-order valence-corrected chi connectivity index (χ4v) is 1.78. The molecule has 1 atom stereocenters. The molecule has 0 heterocycles. The molecule has 19 heavy (non-hydrogen) atoms. The summed E-state index contributed by atoms with van der Waals surface area (Å²) >= 11 is 5.55. The summed E-state index contributed by atoms with van der Waals surface area (Å²) in [5.74, 6) is -2.15. The number of hydrogen-bond acceptors (Lipinski definition) is 3. The van der Waals surface area contributed by atoms with Crippen LogP contribution in [0.1, 0.15) is 30.0 Å². The number of aliphatic carboxylic acids is 1. The maximum atomic E-state index is 12.6. The van der Waals surface area contributed by atoms with Crippen molar-refractivity contribution >= 4 is 17.6 Å². The molecule has 1 aromatic rings. The number of phenols is 1. The molecule has 0 radical (unpaired) electrons. The highest BCUT2D eigenvalue weighted by Gasteiger charge is 2.36. The van der Waals surface area contributed by atoms with E-state index in [0.717, 1.165) is 6.07 Å². The fourth-order valence-electron chi connectivity index (χ4n) is 1.55. The van der Waals surface area contributed by atoms with Crippen LogP contribution in [-0.2, 0) is 11.0 Å². The van der Waals surface area contributed by atoms with Gasteiger partial charge >= 0.3 is 12.1 Å². The first-order chi connectivity index (χ1) is 8.62. The standard InChI is InChI=1S/C11H11ClF3NO3/c12-5-3-6(8(16)1-2-9(17)18)10(19)7(4-5)11(13,14)15/h3-4,8,19H,1-2,16H2,(H,17,18). The van der Waals surface area contributed by atoms with E-state index in [1.807, 2.05) is 0 Å². The van der Waals surface area contributed by atoms with Crippen molar-refractivity contribution in [3.05, 3.63) is 28.3 Å². The zero-order chi connectivity index (χ0) is 14.8. The predicted molar refractivity (Wildman–Crippen MR) is 61.9 cm³/mol. The van der Waals surface area contributed by atoms with Crippen molar-refractivity contribution in [2.24, 2.45) is 5.73 Å². The van der Waals surface area contributed by atoms with E-state index in [-0.39, 0.29) is 23.4 Å². The van der Waals surface area contributed by atoms with Crippen molar-refractivity contribution in [3.63, 3.8) is 0 Å². The van der Waals surface area contributed by atoms with Crippen LogP contribution >= 0.6 is 11.6 Å². The average molecular weight is 298 g/mol. The predicted octanol–water partition coefficient (Wildman–Crippen LogP) is 2.93. The number of carboxylic acids is 1. The summed E-state index contributed by atoms with van der Waals surface area (Å²) in [5.41, 5.74) is 4.06. The van der Waals surface area contributed by atoms with Gasteiger partial charge in [-0.1, -0.05) is 11.6 Å². The quantitative estimate of drug-likeness (QED) is 0.798. The van der Waals surface area contributed by atoms with Crippen molar-refractivity contribution in [1.82, 2.24) is 0 Å². The largest absolute Gasteiger partial charge is 0.507 e. The van der Waals surface area contributed by atoms with Crippen LogP contribution in [0.5, 0.6) is 5.75 Å². The maximum Gasteiger partial charge on any atom is 0.420 e. The first-order valence-corrected chi connectivity index (χ1v) is 5.57. The summed E-state index contributed by atoms with van der Waals surface area (Å²) in [6.45, 7) is 0. The number of carbonyl (C=O) groups is 1. The van der Waals surface area contributed by atoms with Gasteiger partial charge in [0, 0.05) is 23.0 Å². The molecule has 0 fully saturated rings. The van der Waals surface area contributed by atoms with Gasteiger partial charge < -0.3 is 15.9 Å². The Morgan fingerprint density at radius 1 is 1.42 bits per heavy atom. The minimum atomic E-state index is -4.77. The zero-order valence-electron chi connectivity index (χ0n) is 9.54. The molecule has 1 unspecified atom stereocenters. The monoisotopic (exact) mass is 297 g/mol. The van der Waals surface area contributed by atoms with Gasteiger partial charge in [0.1, 0.15) is 5.75 Å². The normalized spacial score (nSPS) is 13.3. The van der Waals surface area contributed by atoms with E-state index in [9.17, 15) is 23.1 Å².